The summed E-state index contributed by atoms with van der Waals surface area (Å²) in [6, 6.07) is 3.56. The lowest BCUT2D eigenvalue weighted by molar-refractivity contribution is -0.121. The summed E-state index contributed by atoms with van der Waals surface area (Å²) in [5.41, 5.74) is 0.624. The number of benzene rings is 1. The van der Waals surface area contributed by atoms with Crippen molar-refractivity contribution in [3.8, 4) is 11.5 Å². The van der Waals surface area contributed by atoms with Crippen molar-refractivity contribution in [2.45, 2.75) is 32.6 Å². The van der Waals surface area contributed by atoms with Crippen molar-refractivity contribution in [3.63, 3.8) is 0 Å². The molecule has 1 fully saturated rings. The number of carbonyl (C=O) groups excluding carboxylic acids is 2. The molecule has 1 aliphatic heterocycles. The topological polar surface area (TPSA) is 67.9 Å². The van der Waals surface area contributed by atoms with Gasteiger partial charge in [0.05, 0.1) is 19.8 Å². The average Bonchev–Trinajstić information content (AvgIpc) is 2.66. The number of nitrogens with zero attached hydrogens (tertiary/aromatic N) is 1. The van der Waals surface area contributed by atoms with Crippen molar-refractivity contribution in [1.29, 1.82) is 0 Å². The van der Waals surface area contributed by atoms with E-state index in [1.165, 1.54) is 0 Å². The first-order chi connectivity index (χ1) is 12.5. The summed E-state index contributed by atoms with van der Waals surface area (Å²) in [7, 11) is 3.15. The largest absolute Gasteiger partial charge is 0.493 e. The van der Waals surface area contributed by atoms with Crippen LogP contribution in [0.2, 0.25) is 0 Å². The van der Waals surface area contributed by atoms with Crippen LogP contribution in [0.25, 0.3) is 0 Å². The summed E-state index contributed by atoms with van der Waals surface area (Å²) >= 11 is 2.15. The highest BCUT2D eigenvalue weighted by molar-refractivity contribution is 14.1. The third-order valence-corrected chi connectivity index (χ3v) is 5.47. The number of nitrogens with one attached hydrogen (secondary N) is 1. The van der Waals surface area contributed by atoms with Gasteiger partial charge in [0.1, 0.15) is 0 Å². The Labute approximate surface area is 168 Å². The Balaban J connectivity index is 2.06. The van der Waals surface area contributed by atoms with Crippen LogP contribution < -0.4 is 14.8 Å². The molecule has 144 valence electrons. The SMILES string of the molecule is CCCC(=O)NCC1CCCN(C(=O)c2cc(OC)c(OC)cc2I)C1. The van der Waals surface area contributed by atoms with Crippen molar-refractivity contribution in [2.75, 3.05) is 33.9 Å². The molecule has 0 aromatic heterocycles. The second-order valence-corrected chi connectivity index (χ2v) is 7.66. The van der Waals surface area contributed by atoms with E-state index >= 15 is 0 Å². The van der Waals surface area contributed by atoms with E-state index in [2.05, 4.69) is 27.9 Å². The van der Waals surface area contributed by atoms with Gasteiger partial charge in [0.25, 0.3) is 5.91 Å². The average molecular weight is 474 g/mol. The van der Waals surface area contributed by atoms with Gasteiger partial charge in [0.2, 0.25) is 5.91 Å². The van der Waals surface area contributed by atoms with Crippen molar-refractivity contribution < 1.29 is 19.1 Å². The first kappa shape index (κ1) is 20.8. The zero-order valence-electron chi connectivity index (χ0n) is 15.6. The van der Waals surface area contributed by atoms with Crippen LogP contribution in [0.5, 0.6) is 11.5 Å². The number of rotatable bonds is 7. The quantitative estimate of drug-likeness (QED) is 0.617. The monoisotopic (exact) mass is 474 g/mol. The molecule has 0 spiro atoms. The molecule has 1 aliphatic rings. The van der Waals surface area contributed by atoms with Gasteiger partial charge in [0.15, 0.2) is 11.5 Å². The lowest BCUT2D eigenvalue weighted by atomic mass is 9.97. The van der Waals surface area contributed by atoms with E-state index in [9.17, 15) is 9.59 Å². The molecule has 26 heavy (non-hydrogen) atoms. The van der Waals surface area contributed by atoms with Crippen LogP contribution in [-0.4, -0.2) is 50.6 Å². The summed E-state index contributed by atoms with van der Waals surface area (Å²) in [6.07, 6.45) is 3.38. The third kappa shape index (κ3) is 5.25. The molecule has 0 saturated carbocycles. The number of carbonyl (C=O) groups is 2. The van der Waals surface area contributed by atoms with Crippen LogP contribution in [0, 0.1) is 9.49 Å². The van der Waals surface area contributed by atoms with Gasteiger partial charge >= 0.3 is 0 Å². The highest BCUT2D eigenvalue weighted by atomic mass is 127. The van der Waals surface area contributed by atoms with Gasteiger partial charge in [-0.1, -0.05) is 6.92 Å². The number of halogens is 1. The van der Waals surface area contributed by atoms with Crippen LogP contribution in [0.3, 0.4) is 0 Å². The van der Waals surface area contributed by atoms with Gasteiger partial charge in [-0.25, -0.2) is 0 Å². The van der Waals surface area contributed by atoms with E-state index in [1.54, 1.807) is 20.3 Å². The predicted molar refractivity (Wildman–Crippen MR) is 109 cm³/mol. The van der Waals surface area contributed by atoms with Gasteiger partial charge < -0.3 is 19.7 Å². The second kappa shape index (κ2) is 9.99. The summed E-state index contributed by atoms with van der Waals surface area (Å²) in [5, 5.41) is 2.98. The molecule has 2 amide bonds. The summed E-state index contributed by atoms with van der Waals surface area (Å²) in [4.78, 5) is 26.6. The molecule has 1 atom stereocenters. The van der Waals surface area contributed by atoms with Crippen molar-refractivity contribution in [2.24, 2.45) is 5.92 Å². The fraction of sp³-hybridized carbons (Fsp3) is 0.579. The molecule has 0 bridgehead atoms. The molecule has 0 radical (unpaired) electrons. The summed E-state index contributed by atoms with van der Waals surface area (Å²) in [6.45, 7) is 4.02. The van der Waals surface area contributed by atoms with Crippen molar-refractivity contribution >= 4 is 34.4 Å². The van der Waals surface area contributed by atoms with Crippen LogP contribution >= 0.6 is 22.6 Å². The van der Waals surface area contributed by atoms with Crippen LogP contribution in [-0.2, 0) is 4.79 Å². The Morgan fingerprint density at radius 3 is 2.62 bits per heavy atom. The molecule has 1 aromatic rings. The normalized spacial score (nSPS) is 16.9. The first-order valence-corrected chi connectivity index (χ1v) is 10.1. The van der Waals surface area contributed by atoms with E-state index < -0.39 is 0 Å². The maximum Gasteiger partial charge on any atom is 0.255 e. The van der Waals surface area contributed by atoms with Gasteiger partial charge in [-0.15, -0.1) is 0 Å². The number of ether oxygens (including phenoxy) is 2. The van der Waals surface area contributed by atoms with E-state index in [0.29, 0.717) is 42.5 Å². The molecule has 7 heteroatoms. The molecular weight excluding hydrogens is 447 g/mol. The molecule has 1 N–H and O–H groups in total. The number of amides is 2. The number of piperidine rings is 1. The zero-order valence-corrected chi connectivity index (χ0v) is 17.8. The molecular formula is C19H27IN2O4. The maximum atomic E-state index is 13.0. The standard InChI is InChI=1S/C19H27IN2O4/c1-4-6-18(23)21-11-13-7-5-8-22(12-13)19(24)14-9-16(25-2)17(26-3)10-15(14)20/h9-10,13H,4-8,11-12H2,1-3H3,(H,21,23). The molecule has 0 aliphatic carbocycles. The fourth-order valence-electron chi connectivity index (χ4n) is 3.18. The lowest BCUT2D eigenvalue weighted by Crippen LogP contribution is -2.43. The van der Waals surface area contributed by atoms with Crippen LogP contribution in [0.15, 0.2) is 12.1 Å². The Bertz CT molecular complexity index is 651. The van der Waals surface area contributed by atoms with E-state index in [-0.39, 0.29) is 11.8 Å². The third-order valence-electron chi connectivity index (χ3n) is 4.57. The highest BCUT2D eigenvalue weighted by Crippen LogP contribution is 2.32. The minimum atomic E-state index is -0.0000576. The predicted octanol–water partition coefficient (Wildman–Crippen LogP) is 3.08. The van der Waals surface area contributed by atoms with Gasteiger partial charge in [0, 0.05) is 29.6 Å². The maximum absolute atomic E-state index is 13.0. The van der Waals surface area contributed by atoms with E-state index in [0.717, 1.165) is 29.4 Å². The first-order valence-electron chi connectivity index (χ1n) is 8.97. The lowest BCUT2D eigenvalue weighted by Gasteiger charge is -2.33. The second-order valence-electron chi connectivity index (χ2n) is 6.50. The van der Waals surface area contributed by atoms with Gasteiger partial charge in [-0.2, -0.15) is 0 Å². The molecule has 6 nitrogen and oxygen atoms in total. The van der Waals surface area contributed by atoms with Crippen molar-refractivity contribution in [3.05, 3.63) is 21.3 Å². The number of methoxy groups -OCH3 is 2. The van der Waals surface area contributed by atoms with Crippen LogP contribution in [0.1, 0.15) is 43.0 Å². The number of hydrogen-bond acceptors (Lipinski definition) is 4. The Kier molecular flexibility index (Phi) is 7.99. The van der Waals surface area contributed by atoms with Crippen LogP contribution in [0.4, 0.5) is 0 Å². The fourth-order valence-corrected chi connectivity index (χ4v) is 3.85. The van der Waals surface area contributed by atoms with Gasteiger partial charge in [-0.3, -0.25) is 9.59 Å². The summed E-state index contributed by atoms with van der Waals surface area (Å²) < 4.78 is 11.5. The Morgan fingerprint density at radius 1 is 1.27 bits per heavy atom. The molecule has 2 rings (SSSR count). The Hall–Kier alpha value is -1.51. The minimum Gasteiger partial charge on any atom is -0.493 e. The minimum absolute atomic E-state index is 0.0000576. The highest BCUT2D eigenvalue weighted by Gasteiger charge is 2.26. The smallest absolute Gasteiger partial charge is 0.255 e. The molecule has 1 aromatic carbocycles. The van der Waals surface area contributed by atoms with Crippen molar-refractivity contribution in [1.82, 2.24) is 10.2 Å². The number of hydrogen-bond donors (Lipinski definition) is 1. The van der Waals surface area contributed by atoms with E-state index in [1.807, 2.05) is 17.9 Å². The van der Waals surface area contributed by atoms with E-state index in [4.69, 9.17) is 9.47 Å². The molecule has 1 unspecified atom stereocenters. The number of likely N-dealkylation sites (tertiary alicyclic amines) is 1. The Morgan fingerprint density at radius 2 is 1.96 bits per heavy atom. The summed E-state index contributed by atoms with van der Waals surface area (Å²) in [5.74, 6) is 1.55. The molecule has 1 heterocycles. The molecule has 1 saturated heterocycles. The zero-order chi connectivity index (χ0) is 19.1. The van der Waals surface area contributed by atoms with Gasteiger partial charge in [-0.05, 0) is 59.9 Å².